The summed E-state index contributed by atoms with van der Waals surface area (Å²) < 4.78 is 0.942. The maximum Gasteiger partial charge on any atom is 0.0964 e. The molecule has 0 amide bonds. The number of hydrogen-bond acceptors (Lipinski definition) is 3. The van der Waals surface area contributed by atoms with Crippen LogP contribution < -0.4 is 5.32 Å². The molecule has 1 aliphatic heterocycles. The Labute approximate surface area is 110 Å². The molecule has 5 heteroatoms. The first-order valence-corrected chi connectivity index (χ1v) is 7.41. The van der Waals surface area contributed by atoms with E-state index in [9.17, 15) is 0 Å². The molecule has 0 saturated carbocycles. The van der Waals surface area contributed by atoms with Crippen molar-refractivity contribution in [3.8, 4) is 0 Å². The third-order valence-corrected chi connectivity index (χ3v) is 3.97. The summed E-state index contributed by atoms with van der Waals surface area (Å²) in [5.41, 5.74) is 1.04. The third-order valence-electron chi connectivity index (χ3n) is 2.49. The van der Waals surface area contributed by atoms with E-state index >= 15 is 0 Å². The van der Waals surface area contributed by atoms with Crippen LogP contribution in [0, 0.1) is 0 Å². The van der Waals surface area contributed by atoms with Crippen molar-refractivity contribution in [1.82, 2.24) is 10.3 Å². The third kappa shape index (κ3) is 3.37. The zero-order valence-corrected chi connectivity index (χ0v) is 12.2. The summed E-state index contributed by atoms with van der Waals surface area (Å²) in [6.45, 7) is 2.25. The zero-order valence-electron chi connectivity index (χ0n) is 8.17. The van der Waals surface area contributed by atoms with Gasteiger partial charge in [0, 0.05) is 11.3 Å². The molecule has 15 heavy (non-hydrogen) atoms. The molecule has 82 valence electrons. The molecule has 0 atom stereocenters. The number of rotatable bonds is 2. The van der Waals surface area contributed by atoms with E-state index < -0.39 is 0 Å². The first-order chi connectivity index (χ1) is 7.25. The van der Waals surface area contributed by atoms with Gasteiger partial charge in [0.05, 0.1) is 14.1 Å². The van der Waals surface area contributed by atoms with Crippen LogP contribution in [-0.4, -0.2) is 18.1 Å². The predicted octanol–water partition coefficient (Wildman–Crippen LogP) is 3.70. The lowest BCUT2D eigenvalue weighted by molar-refractivity contribution is 0.459. The molecule has 1 aliphatic rings. The van der Waals surface area contributed by atoms with Gasteiger partial charge in [0.1, 0.15) is 0 Å². The second-order valence-electron chi connectivity index (χ2n) is 3.57. The lowest BCUT2D eigenvalue weighted by atomic mass is 9.99. The van der Waals surface area contributed by atoms with Crippen LogP contribution in [0.2, 0.25) is 0 Å². The van der Waals surface area contributed by atoms with Gasteiger partial charge >= 0.3 is 0 Å². The minimum absolute atomic E-state index is 0.660. The summed E-state index contributed by atoms with van der Waals surface area (Å²) in [6.07, 6.45) is 4.42. The number of hydrogen-bond donors (Lipinski definition) is 1. The largest absolute Gasteiger partial charge is 0.317 e. The molecule has 0 unspecified atom stereocenters. The van der Waals surface area contributed by atoms with E-state index in [1.165, 1.54) is 17.8 Å². The van der Waals surface area contributed by atoms with Gasteiger partial charge in [-0.3, -0.25) is 0 Å². The lowest BCUT2D eigenvalue weighted by Crippen LogP contribution is -2.26. The smallest absolute Gasteiger partial charge is 0.0964 e. The van der Waals surface area contributed by atoms with Crippen LogP contribution in [0.3, 0.4) is 0 Å². The van der Waals surface area contributed by atoms with Crippen LogP contribution in [-0.2, 0) is 0 Å². The number of piperidine rings is 1. The van der Waals surface area contributed by atoms with Gasteiger partial charge in [-0.1, -0.05) is 0 Å². The van der Waals surface area contributed by atoms with E-state index in [1.807, 2.05) is 6.08 Å². The summed E-state index contributed by atoms with van der Waals surface area (Å²) in [4.78, 5) is 4.63. The fourth-order valence-electron chi connectivity index (χ4n) is 1.74. The van der Waals surface area contributed by atoms with Crippen LogP contribution in [0.15, 0.2) is 8.77 Å². The summed E-state index contributed by atoms with van der Waals surface area (Å²) in [7, 11) is 0. The quantitative estimate of drug-likeness (QED) is 0.878. The average molecular weight is 352 g/mol. The van der Waals surface area contributed by atoms with Crippen molar-refractivity contribution in [2.45, 2.75) is 18.8 Å². The van der Waals surface area contributed by atoms with Gasteiger partial charge in [-0.25, -0.2) is 4.98 Å². The fourth-order valence-corrected chi connectivity index (χ4v) is 3.15. The molecule has 0 bridgehead atoms. The van der Waals surface area contributed by atoms with Crippen molar-refractivity contribution in [3.05, 3.63) is 19.5 Å². The monoisotopic (exact) mass is 350 g/mol. The van der Waals surface area contributed by atoms with E-state index in [-0.39, 0.29) is 0 Å². The SMILES string of the molecule is BrC(Br)=Cc1csc(C2CCNCC2)n1. The first kappa shape index (κ1) is 11.8. The maximum absolute atomic E-state index is 4.63. The lowest BCUT2D eigenvalue weighted by Gasteiger charge is -2.20. The number of nitrogens with one attached hydrogen (secondary N) is 1. The minimum Gasteiger partial charge on any atom is -0.317 e. The second kappa shape index (κ2) is 5.57. The molecule has 2 rings (SSSR count). The number of aromatic nitrogens is 1. The van der Waals surface area contributed by atoms with Gasteiger partial charge < -0.3 is 5.32 Å². The highest BCUT2D eigenvalue weighted by molar-refractivity contribution is 9.28. The molecule has 0 radical (unpaired) electrons. The predicted molar refractivity (Wildman–Crippen MR) is 72.8 cm³/mol. The summed E-state index contributed by atoms with van der Waals surface area (Å²) in [6, 6.07) is 0. The summed E-state index contributed by atoms with van der Waals surface area (Å²) in [5.74, 6) is 0.660. The van der Waals surface area contributed by atoms with Crippen molar-refractivity contribution in [2.75, 3.05) is 13.1 Å². The molecular weight excluding hydrogens is 340 g/mol. The Kier molecular flexibility index (Phi) is 4.37. The topological polar surface area (TPSA) is 24.9 Å². The highest BCUT2D eigenvalue weighted by Gasteiger charge is 2.17. The molecular formula is C10H12Br2N2S. The first-order valence-electron chi connectivity index (χ1n) is 4.94. The molecule has 1 saturated heterocycles. The van der Waals surface area contributed by atoms with Crippen LogP contribution in [0.4, 0.5) is 0 Å². The van der Waals surface area contributed by atoms with E-state index in [1.54, 1.807) is 11.3 Å². The highest BCUT2D eigenvalue weighted by Crippen LogP contribution is 2.29. The van der Waals surface area contributed by atoms with Crippen LogP contribution >= 0.6 is 43.2 Å². The number of thiazole rings is 1. The molecule has 1 aromatic heterocycles. The molecule has 1 fully saturated rings. The van der Waals surface area contributed by atoms with Crippen molar-refractivity contribution in [1.29, 1.82) is 0 Å². The van der Waals surface area contributed by atoms with Gasteiger partial charge in [-0.15, -0.1) is 11.3 Å². The summed E-state index contributed by atoms with van der Waals surface area (Å²) >= 11 is 8.47. The molecule has 1 aromatic rings. The van der Waals surface area contributed by atoms with Gasteiger partial charge in [0.2, 0.25) is 0 Å². The fraction of sp³-hybridized carbons (Fsp3) is 0.500. The van der Waals surface area contributed by atoms with E-state index in [0.29, 0.717) is 5.92 Å². The van der Waals surface area contributed by atoms with E-state index in [2.05, 4.69) is 47.5 Å². The van der Waals surface area contributed by atoms with Gasteiger partial charge in [-0.05, 0) is 63.9 Å². The van der Waals surface area contributed by atoms with Crippen molar-refractivity contribution in [2.24, 2.45) is 0 Å². The molecule has 0 aromatic carbocycles. The second-order valence-corrected chi connectivity index (χ2v) is 7.23. The zero-order chi connectivity index (χ0) is 10.7. The Hall–Kier alpha value is 0.290. The normalized spacial score (nSPS) is 17.7. The molecule has 1 N–H and O–H groups in total. The molecule has 0 aliphatic carbocycles. The van der Waals surface area contributed by atoms with Crippen LogP contribution in [0.25, 0.3) is 6.08 Å². The van der Waals surface area contributed by atoms with E-state index in [0.717, 1.165) is 22.2 Å². The van der Waals surface area contributed by atoms with Crippen molar-refractivity contribution in [3.63, 3.8) is 0 Å². The van der Waals surface area contributed by atoms with E-state index in [4.69, 9.17) is 0 Å². The maximum atomic E-state index is 4.63. The van der Waals surface area contributed by atoms with Crippen molar-refractivity contribution < 1.29 is 0 Å². The average Bonchev–Trinajstić information content (AvgIpc) is 2.67. The summed E-state index contributed by atoms with van der Waals surface area (Å²) in [5, 5.41) is 6.77. The Morgan fingerprint density at radius 3 is 2.87 bits per heavy atom. The standard InChI is InChI=1S/C10H12Br2N2S/c11-9(12)5-8-6-15-10(14-8)7-1-3-13-4-2-7/h5-7,13H,1-4H2. The Bertz CT molecular complexity index is 352. The highest BCUT2D eigenvalue weighted by atomic mass is 79.9. The molecule has 2 nitrogen and oxygen atoms in total. The van der Waals surface area contributed by atoms with Gasteiger partial charge in [-0.2, -0.15) is 0 Å². The molecule has 2 heterocycles. The van der Waals surface area contributed by atoms with Crippen molar-refractivity contribution >= 4 is 49.3 Å². The van der Waals surface area contributed by atoms with Crippen LogP contribution in [0.5, 0.6) is 0 Å². The Morgan fingerprint density at radius 2 is 2.20 bits per heavy atom. The Balaban J connectivity index is 2.08. The minimum atomic E-state index is 0.660. The van der Waals surface area contributed by atoms with Gasteiger partial charge in [0.15, 0.2) is 0 Å². The number of halogens is 2. The molecule has 0 spiro atoms. The van der Waals surface area contributed by atoms with Crippen LogP contribution in [0.1, 0.15) is 29.5 Å². The van der Waals surface area contributed by atoms with Gasteiger partial charge in [0.25, 0.3) is 0 Å². The Morgan fingerprint density at radius 1 is 1.47 bits per heavy atom. The number of nitrogens with zero attached hydrogens (tertiary/aromatic N) is 1.